The van der Waals surface area contributed by atoms with Gasteiger partial charge in [-0.05, 0) is 24.6 Å². The molecule has 0 aliphatic heterocycles. The monoisotopic (exact) mass is 163 g/mol. The van der Waals surface area contributed by atoms with Gasteiger partial charge in [0, 0.05) is 31.3 Å². The molecule has 0 bridgehead atoms. The third-order valence-corrected chi connectivity index (χ3v) is 1.83. The molecule has 0 aliphatic rings. The average Bonchev–Trinajstić information content (AvgIpc) is 2.56. The quantitative estimate of drug-likeness (QED) is 0.625. The molecule has 3 heteroatoms. The van der Waals surface area contributed by atoms with Crippen LogP contribution in [0.3, 0.4) is 0 Å². The highest BCUT2D eigenvalue weighted by Gasteiger charge is 2.05. The molecule has 0 radical (unpaired) electrons. The van der Waals surface area contributed by atoms with Crippen LogP contribution in [0.4, 0.5) is 0 Å². The summed E-state index contributed by atoms with van der Waals surface area (Å²) in [5.41, 5.74) is 0. The number of aromatic nitrogens is 1. The Morgan fingerprint density at radius 2 is 1.58 bits per heavy atom. The van der Waals surface area contributed by atoms with E-state index in [0.29, 0.717) is 12.8 Å². The van der Waals surface area contributed by atoms with Crippen LogP contribution in [0.2, 0.25) is 0 Å². The molecule has 1 aromatic rings. The fraction of sp³-hybridized carbons (Fsp3) is 0.333. The van der Waals surface area contributed by atoms with Gasteiger partial charge in [0.25, 0.3) is 0 Å². The van der Waals surface area contributed by atoms with Crippen molar-refractivity contribution < 1.29 is 0 Å². The minimum Gasteiger partial charge on any atom is -0.351 e. The fourth-order valence-electron chi connectivity index (χ4n) is 1.20. The molecule has 1 heterocycles. The predicted molar refractivity (Wildman–Crippen MR) is 50.3 cm³/mol. The maximum absolute atomic E-state index is 7.00. The van der Waals surface area contributed by atoms with Crippen molar-refractivity contribution in [3.8, 4) is 0 Å². The smallest absolute Gasteiger partial charge is 0.0428 e. The predicted octanol–water partition coefficient (Wildman–Crippen LogP) is 2.11. The van der Waals surface area contributed by atoms with E-state index in [-0.39, 0.29) is 6.04 Å². The Labute approximate surface area is 72.0 Å². The van der Waals surface area contributed by atoms with Crippen LogP contribution in [0.15, 0.2) is 24.5 Å². The van der Waals surface area contributed by atoms with Gasteiger partial charge in [-0.15, -0.1) is 0 Å². The first-order valence-electron chi connectivity index (χ1n) is 3.98. The summed E-state index contributed by atoms with van der Waals surface area (Å²) >= 11 is 0. The Balaban J connectivity index is 2.65. The van der Waals surface area contributed by atoms with Crippen LogP contribution < -0.4 is 0 Å². The van der Waals surface area contributed by atoms with E-state index < -0.39 is 0 Å². The molecule has 3 nitrogen and oxygen atoms in total. The van der Waals surface area contributed by atoms with E-state index >= 15 is 0 Å². The van der Waals surface area contributed by atoms with E-state index in [1.807, 2.05) is 29.1 Å². The highest BCUT2D eigenvalue weighted by Crippen LogP contribution is 2.13. The zero-order chi connectivity index (χ0) is 8.81. The molecule has 0 saturated heterocycles. The van der Waals surface area contributed by atoms with E-state index in [1.165, 1.54) is 12.4 Å². The van der Waals surface area contributed by atoms with E-state index in [4.69, 9.17) is 10.8 Å². The number of rotatable bonds is 5. The molecule has 0 aliphatic carbocycles. The van der Waals surface area contributed by atoms with Gasteiger partial charge in [0.2, 0.25) is 0 Å². The summed E-state index contributed by atoms with van der Waals surface area (Å²) in [5, 5.41) is 14.0. The molecule has 0 fully saturated rings. The lowest BCUT2D eigenvalue weighted by molar-refractivity contribution is 0.545. The maximum Gasteiger partial charge on any atom is 0.0428 e. The summed E-state index contributed by atoms with van der Waals surface area (Å²) in [4.78, 5) is 0. The van der Waals surface area contributed by atoms with Crippen molar-refractivity contribution in [1.29, 1.82) is 10.8 Å². The SMILES string of the molecule is N=CCC(CC=N)n1cccc1. The molecule has 2 N–H and O–H groups in total. The zero-order valence-electron chi connectivity index (χ0n) is 6.90. The number of hydrogen-bond donors (Lipinski definition) is 2. The summed E-state index contributed by atoms with van der Waals surface area (Å²) in [6.07, 6.45) is 8.13. The van der Waals surface area contributed by atoms with Gasteiger partial charge in [0.1, 0.15) is 0 Å². The lowest BCUT2D eigenvalue weighted by Gasteiger charge is -2.13. The highest BCUT2D eigenvalue weighted by molar-refractivity contribution is 5.58. The lowest BCUT2D eigenvalue weighted by Crippen LogP contribution is -2.07. The molecule has 0 atom stereocenters. The Hall–Kier alpha value is -1.38. The van der Waals surface area contributed by atoms with E-state index in [9.17, 15) is 0 Å². The molecule has 12 heavy (non-hydrogen) atoms. The van der Waals surface area contributed by atoms with Crippen molar-refractivity contribution in [2.75, 3.05) is 0 Å². The summed E-state index contributed by atoms with van der Waals surface area (Å²) in [6, 6.07) is 4.16. The van der Waals surface area contributed by atoms with Crippen LogP contribution in [0.1, 0.15) is 18.9 Å². The molecule has 0 unspecified atom stereocenters. The second kappa shape index (κ2) is 4.49. The van der Waals surface area contributed by atoms with Crippen LogP contribution in [-0.2, 0) is 0 Å². The van der Waals surface area contributed by atoms with Crippen LogP contribution in [-0.4, -0.2) is 17.0 Å². The Kier molecular flexibility index (Phi) is 3.26. The third kappa shape index (κ3) is 2.05. The first kappa shape index (κ1) is 8.71. The highest BCUT2D eigenvalue weighted by atomic mass is 15.0. The molecule has 0 spiro atoms. The molecule has 64 valence electrons. The summed E-state index contributed by atoms with van der Waals surface area (Å²) < 4.78 is 2.04. The van der Waals surface area contributed by atoms with Gasteiger partial charge in [-0.2, -0.15) is 0 Å². The Morgan fingerprint density at radius 3 is 2.00 bits per heavy atom. The van der Waals surface area contributed by atoms with Crippen molar-refractivity contribution in [3.63, 3.8) is 0 Å². The molecule has 0 aromatic carbocycles. The Morgan fingerprint density at radius 1 is 1.08 bits per heavy atom. The topological polar surface area (TPSA) is 52.6 Å². The Bertz CT molecular complexity index is 228. The summed E-state index contributed by atoms with van der Waals surface area (Å²) in [5.74, 6) is 0. The molecule has 1 rings (SSSR count). The van der Waals surface area contributed by atoms with Crippen LogP contribution >= 0.6 is 0 Å². The minimum atomic E-state index is 0.245. The van der Waals surface area contributed by atoms with Crippen LogP contribution in [0.5, 0.6) is 0 Å². The van der Waals surface area contributed by atoms with E-state index in [0.717, 1.165) is 0 Å². The molecular formula is C9H13N3. The minimum absolute atomic E-state index is 0.245. The normalized spacial score (nSPS) is 12.3. The van der Waals surface area contributed by atoms with Crippen molar-refractivity contribution in [2.24, 2.45) is 0 Å². The number of nitrogens with zero attached hydrogens (tertiary/aromatic N) is 1. The molecular weight excluding hydrogens is 150 g/mol. The number of hydrogen-bond acceptors (Lipinski definition) is 2. The van der Waals surface area contributed by atoms with Gasteiger partial charge < -0.3 is 15.4 Å². The summed E-state index contributed by atoms with van der Waals surface area (Å²) in [7, 11) is 0. The second-order valence-electron chi connectivity index (χ2n) is 2.66. The lowest BCUT2D eigenvalue weighted by atomic mass is 10.1. The number of nitrogens with one attached hydrogen (secondary N) is 2. The van der Waals surface area contributed by atoms with Crippen molar-refractivity contribution in [3.05, 3.63) is 24.5 Å². The van der Waals surface area contributed by atoms with Crippen molar-refractivity contribution in [2.45, 2.75) is 18.9 Å². The standard InChI is InChI=1S/C9H13N3/c10-5-3-9(4-6-11)12-7-1-2-8-12/h1-2,5-11H,3-4H2. The third-order valence-electron chi connectivity index (χ3n) is 1.83. The first-order chi connectivity index (χ1) is 5.88. The van der Waals surface area contributed by atoms with Crippen LogP contribution in [0.25, 0.3) is 0 Å². The maximum atomic E-state index is 7.00. The van der Waals surface area contributed by atoms with E-state index in [2.05, 4.69) is 0 Å². The van der Waals surface area contributed by atoms with Gasteiger partial charge >= 0.3 is 0 Å². The summed E-state index contributed by atoms with van der Waals surface area (Å²) in [6.45, 7) is 0. The van der Waals surface area contributed by atoms with Gasteiger partial charge in [-0.25, -0.2) is 0 Å². The largest absolute Gasteiger partial charge is 0.351 e. The zero-order valence-corrected chi connectivity index (χ0v) is 6.90. The van der Waals surface area contributed by atoms with Crippen molar-refractivity contribution >= 4 is 12.4 Å². The molecule has 0 amide bonds. The van der Waals surface area contributed by atoms with Gasteiger partial charge in [-0.3, -0.25) is 0 Å². The van der Waals surface area contributed by atoms with Gasteiger partial charge in [0.05, 0.1) is 0 Å². The average molecular weight is 163 g/mol. The van der Waals surface area contributed by atoms with Crippen molar-refractivity contribution in [1.82, 2.24) is 4.57 Å². The van der Waals surface area contributed by atoms with E-state index in [1.54, 1.807) is 0 Å². The fourth-order valence-corrected chi connectivity index (χ4v) is 1.20. The first-order valence-corrected chi connectivity index (χ1v) is 3.98. The molecule has 0 saturated carbocycles. The van der Waals surface area contributed by atoms with Gasteiger partial charge in [0.15, 0.2) is 0 Å². The molecule has 1 aromatic heterocycles. The van der Waals surface area contributed by atoms with Gasteiger partial charge in [-0.1, -0.05) is 0 Å². The van der Waals surface area contributed by atoms with Crippen LogP contribution in [0, 0.1) is 10.8 Å². The second-order valence-corrected chi connectivity index (χ2v) is 2.66.